The van der Waals surface area contributed by atoms with Crippen LogP contribution in [-0.4, -0.2) is 60.0 Å². The van der Waals surface area contributed by atoms with Crippen molar-refractivity contribution in [1.29, 1.82) is 0 Å². The van der Waals surface area contributed by atoms with Crippen LogP contribution in [0.15, 0.2) is 57.9 Å². The number of furan rings is 1. The van der Waals surface area contributed by atoms with Crippen LogP contribution in [-0.2, 0) is 4.79 Å². The molecule has 1 atom stereocenters. The number of nitrogens with one attached hydrogen (secondary N) is 1. The largest absolute Gasteiger partial charge is 0.456 e. The molecule has 4 heterocycles. The van der Waals surface area contributed by atoms with Gasteiger partial charge in [0, 0.05) is 55.1 Å². The standard InChI is InChI=1S/C38H42FN5O5/c1-3-14-43(21-23(2)41-33(45)13-17-42-15-9-5-4-6-10-16-42)35-28(39)18-26-34-37(35)49-32-19-25-24-11-7-8-12-30(24)48-31(25)20-29(32)44(34)22-27(36(26)46)38(40)47/h7-8,11-12,18-20,22-23H,3-6,9-10,13-17,21H2,1-2H3,(H2,40,47)(H,41,45). The van der Waals surface area contributed by atoms with Crippen LogP contribution in [0.3, 0.4) is 0 Å². The van der Waals surface area contributed by atoms with Crippen molar-refractivity contribution in [1.82, 2.24) is 14.8 Å². The SMILES string of the molecule is CCCN(CC(C)NC(=O)CCN1CCCCCCC1)c1c(F)cc2c(=O)c(C(N)=O)cn3c2c1Oc1cc2c(cc1-3)oc1ccccc12. The zero-order valence-corrected chi connectivity index (χ0v) is 28.0. The number of likely N-dealkylation sites (tertiary alicyclic amines) is 1. The molecule has 1 fully saturated rings. The fraction of sp³-hybridized carbons (Fsp3) is 0.395. The summed E-state index contributed by atoms with van der Waals surface area (Å²) in [5.74, 6) is -1.06. The Bertz CT molecular complexity index is 2130. The number of pyridine rings is 1. The molecule has 2 aliphatic heterocycles. The molecule has 3 aromatic carbocycles. The number of amides is 2. The van der Waals surface area contributed by atoms with Gasteiger partial charge in [0.25, 0.3) is 5.91 Å². The van der Waals surface area contributed by atoms with Crippen LogP contribution in [0.5, 0.6) is 11.5 Å². The minimum atomic E-state index is -0.914. The summed E-state index contributed by atoms with van der Waals surface area (Å²) in [5, 5.41) is 4.79. The Morgan fingerprint density at radius 3 is 2.53 bits per heavy atom. The summed E-state index contributed by atoms with van der Waals surface area (Å²) in [5.41, 5.74) is 6.99. The quantitative estimate of drug-likeness (QED) is 0.169. The minimum absolute atomic E-state index is 0.0232. The van der Waals surface area contributed by atoms with Gasteiger partial charge in [-0.3, -0.25) is 14.4 Å². The summed E-state index contributed by atoms with van der Waals surface area (Å²) in [6.07, 6.45) is 8.58. The van der Waals surface area contributed by atoms with Gasteiger partial charge >= 0.3 is 0 Å². The van der Waals surface area contributed by atoms with E-state index in [9.17, 15) is 14.4 Å². The maximum absolute atomic E-state index is 16.4. The molecule has 2 aliphatic rings. The minimum Gasteiger partial charge on any atom is -0.456 e. The third kappa shape index (κ3) is 6.23. The number of hydrogen-bond acceptors (Lipinski definition) is 7. The van der Waals surface area contributed by atoms with Gasteiger partial charge in [0.05, 0.1) is 11.1 Å². The average Bonchev–Trinajstić information content (AvgIpc) is 3.41. The number of carbonyl (C=O) groups is 2. The molecular weight excluding hydrogens is 625 g/mol. The predicted molar refractivity (Wildman–Crippen MR) is 190 cm³/mol. The molecule has 49 heavy (non-hydrogen) atoms. The number of nitrogens with zero attached hydrogens (tertiary/aromatic N) is 3. The van der Waals surface area contributed by atoms with Gasteiger partial charge in [0.2, 0.25) is 11.3 Å². The number of ether oxygens (including phenoxy) is 1. The monoisotopic (exact) mass is 667 g/mol. The lowest BCUT2D eigenvalue weighted by Crippen LogP contribution is -2.43. The summed E-state index contributed by atoms with van der Waals surface area (Å²) < 4.78 is 30.8. The highest BCUT2D eigenvalue weighted by Crippen LogP contribution is 2.48. The molecule has 1 unspecified atom stereocenters. The number of primary amides is 1. The van der Waals surface area contributed by atoms with Gasteiger partial charge in [-0.05, 0) is 57.5 Å². The van der Waals surface area contributed by atoms with E-state index >= 15 is 4.39 Å². The lowest BCUT2D eigenvalue weighted by atomic mass is 10.0. The first kappa shape index (κ1) is 32.6. The Hall–Kier alpha value is -4.90. The summed E-state index contributed by atoms with van der Waals surface area (Å²) in [4.78, 5) is 43.2. The predicted octanol–water partition coefficient (Wildman–Crippen LogP) is 6.61. The molecule has 2 amide bonds. The normalized spacial score (nSPS) is 15.4. The number of aromatic nitrogens is 1. The first-order valence-corrected chi connectivity index (χ1v) is 17.3. The maximum atomic E-state index is 16.4. The van der Waals surface area contributed by atoms with E-state index in [1.165, 1.54) is 25.5 Å². The molecule has 0 saturated carbocycles. The lowest BCUT2D eigenvalue weighted by molar-refractivity contribution is -0.122. The van der Waals surface area contributed by atoms with Gasteiger partial charge in [0.15, 0.2) is 17.3 Å². The van der Waals surface area contributed by atoms with Gasteiger partial charge in [-0.2, -0.15) is 0 Å². The molecule has 256 valence electrons. The maximum Gasteiger partial charge on any atom is 0.254 e. The number of benzene rings is 3. The smallest absolute Gasteiger partial charge is 0.254 e. The van der Waals surface area contributed by atoms with Crippen LogP contribution in [0.1, 0.15) is 69.2 Å². The van der Waals surface area contributed by atoms with E-state index in [-0.39, 0.29) is 34.3 Å². The Labute approximate surface area is 283 Å². The highest BCUT2D eigenvalue weighted by molar-refractivity contribution is 6.07. The van der Waals surface area contributed by atoms with Crippen molar-refractivity contribution in [3.8, 4) is 17.2 Å². The van der Waals surface area contributed by atoms with Crippen LogP contribution >= 0.6 is 0 Å². The first-order valence-electron chi connectivity index (χ1n) is 17.3. The number of anilines is 1. The van der Waals surface area contributed by atoms with E-state index < -0.39 is 17.2 Å². The topological polar surface area (TPSA) is 123 Å². The second kappa shape index (κ2) is 13.5. The molecule has 0 radical (unpaired) electrons. The zero-order chi connectivity index (χ0) is 34.2. The van der Waals surface area contributed by atoms with E-state index in [4.69, 9.17) is 14.9 Å². The van der Waals surface area contributed by atoms with Crippen LogP contribution in [0.4, 0.5) is 10.1 Å². The highest BCUT2D eigenvalue weighted by atomic mass is 19.1. The van der Waals surface area contributed by atoms with Gasteiger partial charge in [-0.25, -0.2) is 4.39 Å². The number of halogens is 1. The van der Waals surface area contributed by atoms with Gasteiger partial charge in [0.1, 0.15) is 27.9 Å². The van der Waals surface area contributed by atoms with Gasteiger partial charge in [-0.1, -0.05) is 44.4 Å². The second-order valence-corrected chi connectivity index (χ2v) is 13.3. The molecular formula is C38H42FN5O5. The zero-order valence-electron chi connectivity index (χ0n) is 28.0. The third-order valence-corrected chi connectivity index (χ3v) is 9.68. The summed E-state index contributed by atoms with van der Waals surface area (Å²) >= 11 is 0. The van der Waals surface area contributed by atoms with Gasteiger partial charge in [-0.15, -0.1) is 0 Å². The molecule has 0 aliphatic carbocycles. The van der Waals surface area contributed by atoms with E-state index in [1.54, 1.807) is 10.6 Å². The van der Waals surface area contributed by atoms with Crippen molar-refractivity contribution in [3.63, 3.8) is 0 Å². The molecule has 2 aromatic heterocycles. The molecule has 0 spiro atoms. The van der Waals surface area contributed by atoms with Crippen molar-refractivity contribution in [2.24, 2.45) is 5.73 Å². The molecule has 1 saturated heterocycles. The molecule has 5 aromatic rings. The number of rotatable bonds is 10. The van der Waals surface area contributed by atoms with E-state index in [0.717, 1.165) is 49.3 Å². The molecule has 7 rings (SSSR count). The van der Waals surface area contributed by atoms with E-state index in [0.29, 0.717) is 54.1 Å². The van der Waals surface area contributed by atoms with E-state index in [1.807, 2.05) is 49.1 Å². The summed E-state index contributed by atoms with van der Waals surface area (Å²) in [6.45, 7) is 7.45. The fourth-order valence-corrected chi connectivity index (χ4v) is 7.38. The number of fused-ring (bicyclic) bond motifs is 5. The van der Waals surface area contributed by atoms with Crippen molar-refractivity contribution >= 4 is 50.3 Å². The van der Waals surface area contributed by atoms with Crippen LogP contribution in [0.2, 0.25) is 0 Å². The van der Waals surface area contributed by atoms with Crippen molar-refractivity contribution in [2.75, 3.05) is 37.6 Å². The Morgan fingerprint density at radius 1 is 1.02 bits per heavy atom. The van der Waals surface area contributed by atoms with Crippen molar-refractivity contribution in [3.05, 3.63) is 70.3 Å². The Balaban J connectivity index is 1.25. The third-order valence-electron chi connectivity index (χ3n) is 9.68. The molecule has 10 nitrogen and oxygen atoms in total. The number of carbonyl (C=O) groups excluding carboxylic acids is 2. The summed E-state index contributed by atoms with van der Waals surface area (Å²) in [6, 6.07) is 12.1. The average molecular weight is 668 g/mol. The second-order valence-electron chi connectivity index (χ2n) is 13.3. The number of nitrogens with two attached hydrogens (primary N) is 1. The molecule has 3 N–H and O–H groups in total. The molecule has 0 bridgehead atoms. The van der Waals surface area contributed by atoms with Crippen molar-refractivity contribution in [2.45, 2.75) is 64.8 Å². The molecule has 11 heteroatoms. The Morgan fingerprint density at radius 2 is 1.78 bits per heavy atom. The number of hydrogen-bond donors (Lipinski definition) is 2. The first-order chi connectivity index (χ1) is 23.7. The number of para-hydroxylation sites is 1. The fourth-order valence-electron chi connectivity index (χ4n) is 7.38. The Kier molecular flexibility index (Phi) is 9.02. The van der Waals surface area contributed by atoms with Crippen LogP contribution < -0.4 is 26.1 Å². The van der Waals surface area contributed by atoms with Crippen LogP contribution in [0, 0.1) is 5.82 Å². The van der Waals surface area contributed by atoms with Gasteiger partial charge < -0.3 is 34.6 Å². The summed E-state index contributed by atoms with van der Waals surface area (Å²) in [7, 11) is 0. The van der Waals surface area contributed by atoms with E-state index in [2.05, 4.69) is 10.2 Å². The van der Waals surface area contributed by atoms with Crippen molar-refractivity contribution < 1.29 is 23.1 Å². The highest BCUT2D eigenvalue weighted by Gasteiger charge is 2.31. The lowest BCUT2D eigenvalue weighted by Gasteiger charge is -2.33. The van der Waals surface area contributed by atoms with Crippen LogP contribution in [0.25, 0.3) is 38.5 Å².